The molecule has 0 radical (unpaired) electrons. The van der Waals surface area contributed by atoms with Gasteiger partial charge in [0.25, 0.3) is 0 Å². The Bertz CT molecular complexity index is 814. The molecular weight excluding hydrogens is 286 g/mol. The Morgan fingerprint density at radius 2 is 2.14 bits per heavy atom. The summed E-state index contributed by atoms with van der Waals surface area (Å²) in [5.41, 5.74) is 1.94. The number of rotatable bonds is 4. The summed E-state index contributed by atoms with van der Waals surface area (Å²) < 4.78 is 0. The monoisotopic (exact) mass is 299 g/mol. The lowest BCUT2D eigenvalue weighted by Crippen LogP contribution is -2.02. The zero-order valence-corrected chi connectivity index (χ0v) is 12.1. The Balaban J connectivity index is 1.86. The van der Waals surface area contributed by atoms with Crippen LogP contribution >= 0.6 is 11.3 Å². The number of aromatic carboxylic acids is 1. The molecule has 6 heteroatoms. The lowest BCUT2D eigenvalue weighted by molar-refractivity contribution is 0.0699. The maximum Gasteiger partial charge on any atom is 0.336 e. The summed E-state index contributed by atoms with van der Waals surface area (Å²) in [6.07, 6.45) is 0. The molecule has 1 aromatic carbocycles. The molecule has 2 N–H and O–H groups in total. The minimum absolute atomic E-state index is 0.266. The maximum atomic E-state index is 11.2. The summed E-state index contributed by atoms with van der Waals surface area (Å²) in [6, 6.07) is 8.65. The number of carboxylic acids is 1. The number of nitrogens with one attached hydrogen (secondary N) is 1. The van der Waals surface area contributed by atoms with Crippen molar-refractivity contribution in [1.29, 1.82) is 0 Å². The predicted molar refractivity (Wildman–Crippen MR) is 82.9 cm³/mol. The van der Waals surface area contributed by atoms with Gasteiger partial charge in [0.05, 0.1) is 17.6 Å². The number of aryl methyl sites for hydroxylation is 1. The van der Waals surface area contributed by atoms with Crippen LogP contribution in [0.25, 0.3) is 10.9 Å². The number of thiazole rings is 1. The Hall–Kier alpha value is -2.47. The molecule has 0 atom stereocenters. The van der Waals surface area contributed by atoms with Gasteiger partial charge in [-0.2, -0.15) is 0 Å². The molecule has 0 fully saturated rings. The standard InChI is InChI=1S/C15H13N3O2S/c1-9-8-21-14(17-9)7-16-13-6-5-10-11(15(19)20)3-2-4-12(10)18-13/h2-6,8H,7H2,1H3,(H,16,18)(H,19,20). The van der Waals surface area contributed by atoms with E-state index in [2.05, 4.69) is 15.3 Å². The quantitative estimate of drug-likeness (QED) is 0.773. The second-order valence-corrected chi connectivity index (χ2v) is 5.55. The highest BCUT2D eigenvalue weighted by Crippen LogP contribution is 2.20. The number of carboxylic acid groups (broad SMARTS) is 1. The Labute approximate surface area is 125 Å². The van der Waals surface area contributed by atoms with Crippen molar-refractivity contribution in [3.63, 3.8) is 0 Å². The normalized spacial score (nSPS) is 10.7. The summed E-state index contributed by atoms with van der Waals surface area (Å²) in [6.45, 7) is 2.57. The van der Waals surface area contributed by atoms with Crippen LogP contribution < -0.4 is 5.32 Å². The van der Waals surface area contributed by atoms with E-state index in [9.17, 15) is 4.79 Å². The zero-order chi connectivity index (χ0) is 14.8. The van der Waals surface area contributed by atoms with Gasteiger partial charge in [0.1, 0.15) is 10.8 Å². The van der Waals surface area contributed by atoms with Gasteiger partial charge >= 0.3 is 5.97 Å². The van der Waals surface area contributed by atoms with E-state index in [-0.39, 0.29) is 5.56 Å². The van der Waals surface area contributed by atoms with Gasteiger partial charge in [0.2, 0.25) is 0 Å². The number of anilines is 1. The van der Waals surface area contributed by atoms with Crippen molar-refractivity contribution in [3.8, 4) is 0 Å². The summed E-state index contributed by atoms with van der Waals surface area (Å²) in [5, 5.41) is 16.0. The minimum Gasteiger partial charge on any atom is -0.478 e. The molecule has 3 rings (SSSR count). The Morgan fingerprint density at radius 1 is 1.29 bits per heavy atom. The SMILES string of the molecule is Cc1csc(CNc2ccc3c(C(=O)O)cccc3n2)n1. The molecule has 0 aliphatic heterocycles. The third kappa shape index (κ3) is 2.85. The van der Waals surface area contributed by atoms with Crippen LogP contribution in [0.5, 0.6) is 0 Å². The molecule has 0 spiro atoms. The second-order valence-electron chi connectivity index (χ2n) is 4.61. The van der Waals surface area contributed by atoms with Gasteiger partial charge in [-0.05, 0) is 31.2 Å². The number of aromatic nitrogens is 2. The molecule has 0 bridgehead atoms. The molecule has 0 aliphatic rings. The third-order valence-corrected chi connectivity index (χ3v) is 4.02. The summed E-state index contributed by atoms with van der Waals surface area (Å²) in [5.74, 6) is -0.237. The first-order valence-corrected chi connectivity index (χ1v) is 7.29. The number of pyridine rings is 1. The van der Waals surface area contributed by atoms with Crippen LogP contribution in [0.15, 0.2) is 35.7 Å². The third-order valence-electron chi connectivity index (χ3n) is 3.05. The van der Waals surface area contributed by atoms with Gasteiger partial charge in [-0.1, -0.05) is 6.07 Å². The van der Waals surface area contributed by atoms with Crippen LogP contribution in [0.1, 0.15) is 21.1 Å². The number of benzene rings is 1. The van der Waals surface area contributed by atoms with Crippen molar-refractivity contribution in [2.24, 2.45) is 0 Å². The number of hydrogen-bond acceptors (Lipinski definition) is 5. The van der Waals surface area contributed by atoms with Crippen LogP contribution in [-0.4, -0.2) is 21.0 Å². The highest BCUT2D eigenvalue weighted by Gasteiger charge is 2.09. The van der Waals surface area contributed by atoms with Gasteiger partial charge in [-0.15, -0.1) is 11.3 Å². The number of carbonyl (C=O) groups is 1. The van der Waals surface area contributed by atoms with E-state index in [0.717, 1.165) is 10.7 Å². The van der Waals surface area contributed by atoms with Crippen LogP contribution in [0.3, 0.4) is 0 Å². The van der Waals surface area contributed by atoms with E-state index >= 15 is 0 Å². The molecule has 5 nitrogen and oxygen atoms in total. The average Bonchev–Trinajstić information content (AvgIpc) is 2.89. The summed E-state index contributed by atoms with van der Waals surface area (Å²) >= 11 is 1.60. The summed E-state index contributed by atoms with van der Waals surface area (Å²) in [7, 11) is 0. The number of fused-ring (bicyclic) bond motifs is 1. The van der Waals surface area contributed by atoms with Gasteiger partial charge in [0.15, 0.2) is 0 Å². The maximum absolute atomic E-state index is 11.2. The largest absolute Gasteiger partial charge is 0.478 e. The fourth-order valence-corrected chi connectivity index (χ4v) is 2.80. The number of nitrogens with zero attached hydrogens (tertiary/aromatic N) is 2. The lowest BCUT2D eigenvalue weighted by Gasteiger charge is -2.06. The van der Waals surface area contributed by atoms with Gasteiger partial charge < -0.3 is 10.4 Å². The van der Waals surface area contributed by atoms with Crippen LogP contribution in [0, 0.1) is 6.92 Å². The van der Waals surface area contributed by atoms with E-state index in [1.165, 1.54) is 0 Å². The molecule has 0 amide bonds. The zero-order valence-electron chi connectivity index (χ0n) is 11.3. The van der Waals surface area contributed by atoms with Crippen molar-refractivity contribution in [2.75, 3.05) is 5.32 Å². The van der Waals surface area contributed by atoms with Crippen LogP contribution in [-0.2, 0) is 6.54 Å². The van der Waals surface area contributed by atoms with E-state index in [1.54, 1.807) is 41.7 Å². The van der Waals surface area contributed by atoms with E-state index in [4.69, 9.17) is 5.11 Å². The van der Waals surface area contributed by atoms with E-state index < -0.39 is 5.97 Å². The molecule has 0 aliphatic carbocycles. The van der Waals surface area contributed by atoms with Crippen LogP contribution in [0.4, 0.5) is 5.82 Å². The fraction of sp³-hybridized carbons (Fsp3) is 0.133. The molecule has 2 heterocycles. The topological polar surface area (TPSA) is 75.1 Å². The molecule has 2 aromatic heterocycles. The molecule has 0 saturated heterocycles. The summed E-state index contributed by atoms with van der Waals surface area (Å²) in [4.78, 5) is 20.0. The fourth-order valence-electron chi connectivity index (χ4n) is 2.09. The van der Waals surface area contributed by atoms with Crippen molar-refractivity contribution in [3.05, 3.63) is 52.0 Å². The molecule has 3 aromatic rings. The van der Waals surface area contributed by atoms with Gasteiger partial charge in [-0.25, -0.2) is 14.8 Å². The molecule has 106 valence electrons. The minimum atomic E-state index is -0.943. The van der Waals surface area contributed by atoms with Crippen molar-refractivity contribution >= 4 is 34.0 Å². The molecule has 0 saturated carbocycles. The van der Waals surface area contributed by atoms with E-state index in [0.29, 0.717) is 23.3 Å². The predicted octanol–water partition coefficient (Wildman–Crippen LogP) is 3.31. The molecule has 21 heavy (non-hydrogen) atoms. The smallest absolute Gasteiger partial charge is 0.336 e. The number of hydrogen-bond donors (Lipinski definition) is 2. The highest BCUT2D eigenvalue weighted by atomic mass is 32.1. The lowest BCUT2D eigenvalue weighted by atomic mass is 10.1. The van der Waals surface area contributed by atoms with E-state index in [1.807, 2.05) is 12.3 Å². The van der Waals surface area contributed by atoms with Crippen molar-refractivity contribution in [2.45, 2.75) is 13.5 Å². The first-order chi connectivity index (χ1) is 10.1. The highest BCUT2D eigenvalue weighted by molar-refractivity contribution is 7.09. The first kappa shape index (κ1) is 13.5. The Morgan fingerprint density at radius 3 is 2.86 bits per heavy atom. The first-order valence-electron chi connectivity index (χ1n) is 6.41. The van der Waals surface area contributed by atoms with Gasteiger partial charge in [0, 0.05) is 16.5 Å². The van der Waals surface area contributed by atoms with Crippen molar-refractivity contribution in [1.82, 2.24) is 9.97 Å². The average molecular weight is 299 g/mol. The Kier molecular flexibility index (Phi) is 3.53. The van der Waals surface area contributed by atoms with Gasteiger partial charge in [-0.3, -0.25) is 0 Å². The van der Waals surface area contributed by atoms with Crippen LogP contribution in [0.2, 0.25) is 0 Å². The second kappa shape index (κ2) is 5.49. The molecular formula is C15H13N3O2S. The van der Waals surface area contributed by atoms with Crippen molar-refractivity contribution < 1.29 is 9.90 Å². The molecule has 0 unspecified atom stereocenters.